The number of nitrogens with zero attached hydrogens (tertiary/aromatic N) is 4. The number of benzene rings is 1. The van der Waals surface area contributed by atoms with E-state index in [2.05, 4.69) is 15.3 Å². The molecule has 1 saturated heterocycles. The van der Waals surface area contributed by atoms with Gasteiger partial charge in [-0.2, -0.15) is 4.98 Å². The molecule has 3 aromatic rings. The van der Waals surface area contributed by atoms with E-state index in [4.69, 9.17) is 13.8 Å². The lowest BCUT2D eigenvalue weighted by atomic mass is 10.1. The Morgan fingerprint density at radius 3 is 2.74 bits per heavy atom. The summed E-state index contributed by atoms with van der Waals surface area (Å²) in [5.41, 5.74) is -0.887. The molecule has 9 heteroatoms. The van der Waals surface area contributed by atoms with Crippen LogP contribution in [0.1, 0.15) is 28.4 Å². The summed E-state index contributed by atoms with van der Waals surface area (Å²) in [4.78, 5) is 18.1. The minimum atomic E-state index is -1.89. The van der Waals surface area contributed by atoms with Gasteiger partial charge in [0.05, 0.1) is 19.9 Å². The second-order valence-corrected chi connectivity index (χ2v) is 6.39. The predicted octanol–water partition coefficient (Wildman–Crippen LogP) is 2.75. The highest BCUT2D eigenvalue weighted by Crippen LogP contribution is 2.36. The van der Waals surface area contributed by atoms with Gasteiger partial charge in [0.2, 0.25) is 11.5 Å². The highest BCUT2D eigenvalue weighted by Gasteiger charge is 2.47. The SMILES string of the molecule is COc1ccc(-c2noc(C3(F)CCN(C(=O)c4cnoc4C)C3)n2)cc1. The molecule has 4 rings (SSSR count). The van der Waals surface area contributed by atoms with Crippen molar-refractivity contribution in [3.05, 3.63) is 47.7 Å². The molecule has 1 aliphatic rings. The smallest absolute Gasteiger partial charge is 0.266 e. The number of aryl methyl sites for hydroxylation is 1. The van der Waals surface area contributed by atoms with Crippen molar-refractivity contribution in [1.82, 2.24) is 20.2 Å². The van der Waals surface area contributed by atoms with E-state index in [0.29, 0.717) is 22.6 Å². The Bertz CT molecular complexity index is 968. The average molecular weight is 372 g/mol. The zero-order chi connectivity index (χ0) is 19.0. The highest BCUT2D eigenvalue weighted by molar-refractivity contribution is 5.95. The molecule has 0 bridgehead atoms. The lowest BCUT2D eigenvalue weighted by Gasteiger charge is -2.17. The summed E-state index contributed by atoms with van der Waals surface area (Å²) in [7, 11) is 1.57. The minimum absolute atomic E-state index is 0.0767. The molecule has 0 N–H and O–H groups in total. The Hall–Kier alpha value is -3.23. The standard InChI is InChI=1S/C18H17FN4O4/c1-11-14(9-20-26-11)16(24)23-8-7-18(19,10-23)17-21-15(22-27-17)12-3-5-13(25-2)6-4-12/h3-6,9H,7-8,10H2,1-2H3. The Labute approximate surface area is 153 Å². The summed E-state index contributed by atoms with van der Waals surface area (Å²) in [5.74, 6) is 0.910. The van der Waals surface area contributed by atoms with Crippen molar-refractivity contribution in [2.45, 2.75) is 19.0 Å². The molecule has 1 unspecified atom stereocenters. The molecular weight excluding hydrogens is 355 g/mol. The van der Waals surface area contributed by atoms with E-state index < -0.39 is 5.67 Å². The number of aromatic nitrogens is 3. The van der Waals surface area contributed by atoms with Crippen LogP contribution in [0.5, 0.6) is 5.75 Å². The van der Waals surface area contributed by atoms with Gasteiger partial charge in [-0.15, -0.1) is 0 Å². The van der Waals surface area contributed by atoms with Crippen LogP contribution in [0.3, 0.4) is 0 Å². The van der Waals surface area contributed by atoms with Crippen LogP contribution in [0, 0.1) is 6.92 Å². The second-order valence-electron chi connectivity index (χ2n) is 6.39. The summed E-state index contributed by atoms with van der Waals surface area (Å²) in [6, 6.07) is 7.04. The topological polar surface area (TPSA) is 94.5 Å². The summed E-state index contributed by atoms with van der Waals surface area (Å²) in [6.07, 6.45) is 1.41. The Morgan fingerprint density at radius 1 is 1.30 bits per heavy atom. The van der Waals surface area contributed by atoms with Gasteiger partial charge in [-0.3, -0.25) is 4.79 Å². The maximum absolute atomic E-state index is 15.4. The number of rotatable bonds is 4. The molecule has 0 saturated carbocycles. The molecule has 1 fully saturated rings. The monoisotopic (exact) mass is 372 g/mol. The van der Waals surface area contributed by atoms with Gasteiger partial charge in [0, 0.05) is 18.5 Å². The quantitative estimate of drug-likeness (QED) is 0.695. The summed E-state index contributed by atoms with van der Waals surface area (Å²) in [5, 5.41) is 7.46. The number of amides is 1. The van der Waals surface area contributed by atoms with Crippen LogP contribution < -0.4 is 4.74 Å². The van der Waals surface area contributed by atoms with Crippen LogP contribution in [0.2, 0.25) is 0 Å². The fourth-order valence-corrected chi connectivity index (χ4v) is 3.06. The van der Waals surface area contributed by atoms with E-state index in [1.54, 1.807) is 38.3 Å². The van der Waals surface area contributed by atoms with Crippen molar-refractivity contribution in [3.63, 3.8) is 0 Å². The number of carbonyl (C=O) groups is 1. The maximum Gasteiger partial charge on any atom is 0.266 e. The number of methoxy groups -OCH3 is 1. The number of likely N-dealkylation sites (tertiary alicyclic amines) is 1. The van der Waals surface area contributed by atoms with Gasteiger partial charge in [-0.25, -0.2) is 4.39 Å². The normalized spacial score (nSPS) is 19.4. The van der Waals surface area contributed by atoms with E-state index in [9.17, 15) is 4.79 Å². The first-order valence-electron chi connectivity index (χ1n) is 8.38. The molecule has 0 spiro atoms. The number of alkyl halides is 1. The molecule has 1 atom stereocenters. The summed E-state index contributed by atoms with van der Waals surface area (Å²) < 4.78 is 30.6. The number of halogens is 1. The van der Waals surface area contributed by atoms with Crippen LogP contribution in [0.15, 0.2) is 39.5 Å². The molecule has 27 heavy (non-hydrogen) atoms. The van der Waals surface area contributed by atoms with Gasteiger partial charge >= 0.3 is 0 Å². The first-order valence-corrected chi connectivity index (χ1v) is 8.38. The summed E-state index contributed by atoms with van der Waals surface area (Å²) in [6.45, 7) is 1.71. The van der Waals surface area contributed by atoms with Gasteiger partial charge in [-0.1, -0.05) is 10.3 Å². The average Bonchev–Trinajstić information content (AvgIpc) is 3.41. The number of ether oxygens (including phenoxy) is 1. The van der Waals surface area contributed by atoms with Crippen LogP contribution in [-0.4, -0.2) is 46.3 Å². The van der Waals surface area contributed by atoms with E-state index in [-0.39, 0.29) is 37.1 Å². The highest BCUT2D eigenvalue weighted by atomic mass is 19.1. The van der Waals surface area contributed by atoms with E-state index >= 15 is 4.39 Å². The first-order chi connectivity index (χ1) is 13.0. The number of carbonyl (C=O) groups excluding carboxylic acids is 1. The van der Waals surface area contributed by atoms with Crippen LogP contribution in [-0.2, 0) is 5.67 Å². The summed E-state index contributed by atoms with van der Waals surface area (Å²) >= 11 is 0. The number of hydrogen-bond donors (Lipinski definition) is 0. The zero-order valence-electron chi connectivity index (χ0n) is 14.8. The van der Waals surface area contributed by atoms with Crippen molar-refractivity contribution in [2.24, 2.45) is 0 Å². The molecular formula is C18H17FN4O4. The fourth-order valence-electron chi connectivity index (χ4n) is 3.06. The third-order valence-corrected chi connectivity index (χ3v) is 4.65. The molecule has 8 nitrogen and oxygen atoms in total. The van der Waals surface area contributed by atoms with Crippen molar-refractivity contribution in [3.8, 4) is 17.1 Å². The van der Waals surface area contributed by atoms with E-state index in [1.807, 2.05) is 0 Å². The Balaban J connectivity index is 1.53. The molecule has 0 radical (unpaired) electrons. The Morgan fingerprint density at radius 2 is 2.07 bits per heavy atom. The molecule has 1 aliphatic heterocycles. The third-order valence-electron chi connectivity index (χ3n) is 4.65. The van der Waals surface area contributed by atoms with E-state index in [1.165, 1.54) is 11.1 Å². The fraction of sp³-hybridized carbons (Fsp3) is 0.333. The van der Waals surface area contributed by atoms with Crippen LogP contribution in [0.25, 0.3) is 11.4 Å². The van der Waals surface area contributed by atoms with Crippen molar-refractivity contribution in [2.75, 3.05) is 20.2 Å². The van der Waals surface area contributed by atoms with Crippen molar-refractivity contribution in [1.29, 1.82) is 0 Å². The van der Waals surface area contributed by atoms with Gasteiger partial charge in [0.25, 0.3) is 11.8 Å². The molecule has 3 heterocycles. The lowest BCUT2D eigenvalue weighted by Crippen LogP contribution is -2.32. The molecule has 140 valence electrons. The molecule has 1 aromatic carbocycles. The van der Waals surface area contributed by atoms with E-state index in [0.717, 1.165) is 0 Å². The second kappa shape index (κ2) is 6.49. The molecule has 1 amide bonds. The van der Waals surface area contributed by atoms with Gasteiger partial charge < -0.3 is 18.7 Å². The molecule has 2 aromatic heterocycles. The maximum atomic E-state index is 15.4. The van der Waals surface area contributed by atoms with Gasteiger partial charge in [0.15, 0.2) is 0 Å². The van der Waals surface area contributed by atoms with Gasteiger partial charge in [-0.05, 0) is 31.2 Å². The van der Waals surface area contributed by atoms with Crippen molar-refractivity contribution < 1.29 is 23.0 Å². The van der Waals surface area contributed by atoms with Gasteiger partial charge in [0.1, 0.15) is 17.1 Å². The molecule has 0 aliphatic carbocycles. The lowest BCUT2D eigenvalue weighted by molar-refractivity contribution is 0.0715. The van der Waals surface area contributed by atoms with Crippen LogP contribution in [0.4, 0.5) is 4.39 Å². The minimum Gasteiger partial charge on any atom is -0.497 e. The largest absolute Gasteiger partial charge is 0.497 e. The van der Waals surface area contributed by atoms with Crippen molar-refractivity contribution >= 4 is 5.91 Å². The predicted molar refractivity (Wildman–Crippen MR) is 90.8 cm³/mol. The number of hydrogen-bond acceptors (Lipinski definition) is 7. The third kappa shape index (κ3) is 3.05. The Kier molecular flexibility index (Phi) is 4.14. The van der Waals surface area contributed by atoms with Crippen LogP contribution >= 0.6 is 0 Å². The first kappa shape index (κ1) is 17.2. The zero-order valence-corrected chi connectivity index (χ0v) is 14.8.